The molecule has 1 aromatic carbocycles. The molecule has 0 aliphatic heterocycles. The van der Waals surface area contributed by atoms with E-state index in [0.717, 1.165) is 36.2 Å². The van der Waals surface area contributed by atoms with Crippen molar-refractivity contribution in [3.05, 3.63) is 36.5 Å². The molecular formula is C14H17ClN2O. The van der Waals surface area contributed by atoms with E-state index in [1.54, 1.807) is 0 Å². The second-order valence-electron chi connectivity index (χ2n) is 3.96. The zero-order valence-corrected chi connectivity index (χ0v) is 11.0. The number of aromatic nitrogens is 1. The Bertz CT molecular complexity index is 485. The maximum Gasteiger partial charge on any atom is 0.0722 e. The summed E-state index contributed by atoms with van der Waals surface area (Å²) >= 11 is 5.53. The summed E-state index contributed by atoms with van der Waals surface area (Å²) in [5.74, 6) is 0.558. The quantitative estimate of drug-likeness (QED) is 0.616. The third-order valence-electron chi connectivity index (χ3n) is 2.65. The van der Waals surface area contributed by atoms with Gasteiger partial charge in [0.25, 0.3) is 0 Å². The van der Waals surface area contributed by atoms with Crippen molar-refractivity contribution in [2.75, 3.05) is 31.0 Å². The minimum Gasteiger partial charge on any atom is -0.384 e. The van der Waals surface area contributed by atoms with Crippen molar-refractivity contribution >= 4 is 28.2 Å². The lowest BCUT2D eigenvalue weighted by Crippen LogP contribution is -2.07. The predicted molar refractivity (Wildman–Crippen MR) is 76.4 cm³/mol. The Labute approximate surface area is 112 Å². The van der Waals surface area contributed by atoms with Gasteiger partial charge in [-0.25, -0.2) is 0 Å². The molecule has 0 aliphatic rings. The highest BCUT2D eigenvalue weighted by molar-refractivity contribution is 6.17. The van der Waals surface area contributed by atoms with Crippen molar-refractivity contribution in [3.8, 4) is 0 Å². The summed E-state index contributed by atoms with van der Waals surface area (Å²) in [5, 5.41) is 4.57. The van der Waals surface area contributed by atoms with Crippen molar-refractivity contribution in [2.45, 2.75) is 6.42 Å². The van der Waals surface area contributed by atoms with Crippen LogP contribution in [0.2, 0.25) is 0 Å². The van der Waals surface area contributed by atoms with Gasteiger partial charge in [-0.05, 0) is 18.6 Å². The average molecular weight is 265 g/mol. The number of rotatable bonds is 7. The molecule has 1 N–H and O–H groups in total. The molecule has 2 aromatic rings. The van der Waals surface area contributed by atoms with Crippen LogP contribution in [-0.4, -0.2) is 30.6 Å². The molecule has 3 nitrogen and oxygen atoms in total. The number of hydrogen-bond donors (Lipinski definition) is 1. The van der Waals surface area contributed by atoms with Crippen LogP contribution in [0.25, 0.3) is 10.9 Å². The van der Waals surface area contributed by atoms with Gasteiger partial charge in [-0.2, -0.15) is 0 Å². The van der Waals surface area contributed by atoms with E-state index >= 15 is 0 Å². The number of para-hydroxylation sites is 1. The molecule has 0 aliphatic carbocycles. The van der Waals surface area contributed by atoms with Gasteiger partial charge in [0.15, 0.2) is 0 Å². The molecule has 0 atom stereocenters. The number of hydrogen-bond acceptors (Lipinski definition) is 3. The number of ether oxygens (including phenoxy) is 1. The van der Waals surface area contributed by atoms with E-state index < -0.39 is 0 Å². The maximum absolute atomic E-state index is 5.53. The van der Waals surface area contributed by atoms with E-state index in [1.165, 1.54) is 0 Å². The van der Waals surface area contributed by atoms with E-state index in [4.69, 9.17) is 16.3 Å². The number of benzene rings is 1. The van der Waals surface area contributed by atoms with Crippen LogP contribution < -0.4 is 5.32 Å². The van der Waals surface area contributed by atoms with Crippen LogP contribution in [0.5, 0.6) is 0 Å². The lowest BCUT2D eigenvalue weighted by molar-refractivity contribution is 0.149. The first kappa shape index (κ1) is 13.1. The number of pyridine rings is 1. The minimum absolute atomic E-state index is 0.558. The Hall–Kier alpha value is -1.32. The van der Waals surface area contributed by atoms with E-state index in [-0.39, 0.29) is 0 Å². The zero-order valence-electron chi connectivity index (χ0n) is 10.2. The first-order valence-corrected chi connectivity index (χ1v) is 6.66. The fourth-order valence-electron chi connectivity index (χ4n) is 1.80. The van der Waals surface area contributed by atoms with Crippen molar-refractivity contribution in [1.82, 2.24) is 4.98 Å². The average Bonchev–Trinajstić information content (AvgIpc) is 2.43. The number of fused-ring (bicyclic) bond motifs is 1. The number of nitrogens with zero attached hydrogens (tertiary/aromatic N) is 1. The Morgan fingerprint density at radius 2 is 2.06 bits per heavy atom. The van der Waals surface area contributed by atoms with E-state index in [1.807, 2.05) is 30.5 Å². The summed E-state index contributed by atoms with van der Waals surface area (Å²) in [5.41, 5.74) is 2.14. The monoisotopic (exact) mass is 264 g/mol. The van der Waals surface area contributed by atoms with Crippen molar-refractivity contribution in [3.63, 3.8) is 0 Å². The van der Waals surface area contributed by atoms with Crippen LogP contribution in [0, 0.1) is 0 Å². The molecule has 0 bridgehead atoms. The molecule has 1 aromatic heterocycles. The molecule has 18 heavy (non-hydrogen) atoms. The summed E-state index contributed by atoms with van der Waals surface area (Å²) in [4.78, 5) is 4.33. The normalized spacial score (nSPS) is 10.7. The summed E-state index contributed by atoms with van der Waals surface area (Å²) in [6, 6.07) is 10.1. The van der Waals surface area contributed by atoms with Gasteiger partial charge >= 0.3 is 0 Å². The molecule has 1 heterocycles. The lowest BCUT2D eigenvalue weighted by atomic mass is 10.2. The van der Waals surface area contributed by atoms with Gasteiger partial charge in [0.05, 0.1) is 12.1 Å². The Morgan fingerprint density at radius 1 is 1.17 bits per heavy atom. The highest BCUT2D eigenvalue weighted by Crippen LogP contribution is 2.20. The molecule has 0 saturated carbocycles. The number of halogens is 1. The van der Waals surface area contributed by atoms with Gasteiger partial charge in [-0.15, -0.1) is 11.6 Å². The fourth-order valence-corrected chi connectivity index (χ4v) is 1.91. The summed E-state index contributed by atoms with van der Waals surface area (Å²) in [7, 11) is 0. The maximum atomic E-state index is 5.53. The number of alkyl halides is 1. The van der Waals surface area contributed by atoms with Crippen LogP contribution in [0.1, 0.15) is 6.42 Å². The predicted octanol–water partition coefficient (Wildman–Crippen LogP) is 3.29. The Morgan fingerprint density at radius 3 is 2.94 bits per heavy atom. The fraction of sp³-hybridized carbons (Fsp3) is 0.357. The summed E-state index contributed by atoms with van der Waals surface area (Å²) < 4.78 is 5.32. The number of anilines is 1. The molecule has 0 radical (unpaired) electrons. The van der Waals surface area contributed by atoms with Crippen LogP contribution in [-0.2, 0) is 4.74 Å². The second-order valence-corrected chi connectivity index (χ2v) is 4.34. The smallest absolute Gasteiger partial charge is 0.0722 e. The van der Waals surface area contributed by atoms with Gasteiger partial charge in [0, 0.05) is 36.3 Å². The van der Waals surface area contributed by atoms with Gasteiger partial charge in [-0.1, -0.05) is 18.2 Å². The largest absolute Gasteiger partial charge is 0.384 e. The third kappa shape index (κ3) is 3.59. The Kier molecular flexibility index (Phi) is 5.24. The summed E-state index contributed by atoms with van der Waals surface area (Å²) in [6.07, 6.45) is 2.79. The van der Waals surface area contributed by atoms with Crippen LogP contribution in [0.4, 0.5) is 5.69 Å². The topological polar surface area (TPSA) is 34.1 Å². The van der Waals surface area contributed by atoms with Crippen LogP contribution in [0.15, 0.2) is 36.5 Å². The molecule has 0 fully saturated rings. The van der Waals surface area contributed by atoms with E-state index in [0.29, 0.717) is 12.5 Å². The third-order valence-corrected chi connectivity index (χ3v) is 2.81. The molecule has 2 rings (SSSR count). The number of nitrogens with one attached hydrogen (secondary N) is 1. The van der Waals surface area contributed by atoms with E-state index in [2.05, 4.69) is 16.4 Å². The zero-order chi connectivity index (χ0) is 12.6. The van der Waals surface area contributed by atoms with Gasteiger partial charge in [-0.3, -0.25) is 4.98 Å². The molecule has 0 unspecified atom stereocenters. The van der Waals surface area contributed by atoms with Gasteiger partial charge in [0.1, 0.15) is 0 Å². The first-order valence-electron chi connectivity index (χ1n) is 6.13. The lowest BCUT2D eigenvalue weighted by Gasteiger charge is -2.09. The molecule has 0 spiro atoms. The second kappa shape index (κ2) is 7.19. The standard InChI is InChI=1S/C14H17ClN2O/c15-7-11-18-10-3-8-16-14-6-9-17-13-5-2-1-4-12(13)14/h1-2,4-6,9H,3,7-8,10-11H2,(H,16,17). The SMILES string of the molecule is ClCCOCCCNc1ccnc2ccccc12. The van der Waals surface area contributed by atoms with Gasteiger partial charge in [0.2, 0.25) is 0 Å². The van der Waals surface area contributed by atoms with Crippen molar-refractivity contribution in [2.24, 2.45) is 0 Å². The van der Waals surface area contributed by atoms with E-state index in [9.17, 15) is 0 Å². The minimum atomic E-state index is 0.558. The molecule has 0 saturated heterocycles. The highest BCUT2D eigenvalue weighted by atomic mass is 35.5. The van der Waals surface area contributed by atoms with Crippen molar-refractivity contribution < 1.29 is 4.74 Å². The molecule has 96 valence electrons. The molecule has 4 heteroatoms. The highest BCUT2D eigenvalue weighted by Gasteiger charge is 1.99. The summed E-state index contributed by atoms with van der Waals surface area (Å²) in [6.45, 7) is 2.25. The van der Waals surface area contributed by atoms with Crippen molar-refractivity contribution in [1.29, 1.82) is 0 Å². The first-order chi connectivity index (χ1) is 8.92. The van der Waals surface area contributed by atoms with Crippen LogP contribution >= 0.6 is 11.6 Å². The van der Waals surface area contributed by atoms with Gasteiger partial charge < -0.3 is 10.1 Å². The van der Waals surface area contributed by atoms with Crippen LogP contribution in [0.3, 0.4) is 0 Å². The molecule has 0 amide bonds. The molecular weight excluding hydrogens is 248 g/mol. The Balaban J connectivity index is 1.88.